The monoisotopic (exact) mass is 259 g/mol. The third kappa shape index (κ3) is 3.24. The summed E-state index contributed by atoms with van der Waals surface area (Å²) >= 11 is 0. The Bertz CT molecular complexity index is 499. The van der Waals surface area contributed by atoms with Crippen molar-refractivity contribution in [2.24, 2.45) is 7.05 Å². The summed E-state index contributed by atoms with van der Waals surface area (Å²) in [5.74, 6) is 1.02. The van der Waals surface area contributed by atoms with Crippen LogP contribution in [0.3, 0.4) is 0 Å². The molecule has 0 spiro atoms. The SMILES string of the molecule is CCN(CC)c1ccc(NCc2ccnn2C)cn1. The van der Waals surface area contributed by atoms with E-state index in [1.165, 1.54) is 0 Å². The molecule has 2 rings (SSSR count). The first-order valence-electron chi connectivity index (χ1n) is 6.66. The molecule has 2 aromatic heterocycles. The minimum absolute atomic E-state index is 0.753. The third-order valence-electron chi connectivity index (χ3n) is 3.23. The first-order chi connectivity index (χ1) is 9.24. The van der Waals surface area contributed by atoms with Gasteiger partial charge in [-0.05, 0) is 32.0 Å². The summed E-state index contributed by atoms with van der Waals surface area (Å²) in [7, 11) is 1.94. The summed E-state index contributed by atoms with van der Waals surface area (Å²) in [5.41, 5.74) is 2.17. The Morgan fingerprint density at radius 2 is 2.00 bits per heavy atom. The van der Waals surface area contributed by atoms with Gasteiger partial charge in [0.1, 0.15) is 5.82 Å². The van der Waals surface area contributed by atoms with Crippen molar-refractivity contribution in [3.05, 3.63) is 36.3 Å². The standard InChI is InChI=1S/C14H21N5/c1-4-19(5-2)14-7-6-12(10-16-14)15-11-13-8-9-17-18(13)3/h6-10,15H,4-5,11H2,1-3H3. The van der Waals surface area contributed by atoms with Crippen molar-refractivity contribution in [2.45, 2.75) is 20.4 Å². The topological polar surface area (TPSA) is 46.0 Å². The van der Waals surface area contributed by atoms with Gasteiger partial charge in [0.15, 0.2) is 0 Å². The van der Waals surface area contributed by atoms with Crippen LogP contribution in [-0.4, -0.2) is 27.9 Å². The maximum absolute atomic E-state index is 4.48. The molecule has 0 bridgehead atoms. The molecule has 0 fully saturated rings. The van der Waals surface area contributed by atoms with Crippen LogP contribution in [0.15, 0.2) is 30.6 Å². The van der Waals surface area contributed by atoms with E-state index in [9.17, 15) is 0 Å². The third-order valence-corrected chi connectivity index (χ3v) is 3.23. The van der Waals surface area contributed by atoms with E-state index in [1.54, 1.807) is 6.20 Å². The molecular weight excluding hydrogens is 238 g/mol. The smallest absolute Gasteiger partial charge is 0.128 e. The molecule has 2 aromatic rings. The number of pyridine rings is 1. The Labute approximate surface area is 114 Å². The maximum Gasteiger partial charge on any atom is 0.128 e. The van der Waals surface area contributed by atoms with Gasteiger partial charge in [-0.2, -0.15) is 5.10 Å². The van der Waals surface area contributed by atoms with Crippen molar-refractivity contribution in [3.63, 3.8) is 0 Å². The molecule has 102 valence electrons. The van der Waals surface area contributed by atoms with E-state index in [0.717, 1.165) is 36.8 Å². The second-order valence-corrected chi connectivity index (χ2v) is 4.38. The Morgan fingerprint density at radius 1 is 1.21 bits per heavy atom. The van der Waals surface area contributed by atoms with Crippen LogP contribution in [0.5, 0.6) is 0 Å². The molecule has 19 heavy (non-hydrogen) atoms. The van der Waals surface area contributed by atoms with E-state index >= 15 is 0 Å². The second kappa shape index (κ2) is 6.22. The lowest BCUT2D eigenvalue weighted by Gasteiger charge is -2.19. The molecule has 0 aliphatic carbocycles. The number of hydrogen-bond acceptors (Lipinski definition) is 4. The molecule has 0 aliphatic heterocycles. The zero-order chi connectivity index (χ0) is 13.7. The Kier molecular flexibility index (Phi) is 4.39. The fraction of sp³-hybridized carbons (Fsp3) is 0.429. The van der Waals surface area contributed by atoms with Crippen molar-refractivity contribution >= 4 is 11.5 Å². The van der Waals surface area contributed by atoms with Crippen molar-refractivity contribution in [1.82, 2.24) is 14.8 Å². The molecule has 0 unspecified atom stereocenters. The van der Waals surface area contributed by atoms with Gasteiger partial charge in [-0.3, -0.25) is 4.68 Å². The molecule has 0 amide bonds. The lowest BCUT2D eigenvalue weighted by molar-refractivity contribution is 0.720. The summed E-state index contributed by atoms with van der Waals surface area (Å²) in [6.07, 6.45) is 3.68. The van der Waals surface area contributed by atoms with Gasteiger partial charge in [0, 0.05) is 26.3 Å². The molecular formula is C14H21N5. The van der Waals surface area contributed by atoms with E-state index < -0.39 is 0 Å². The number of hydrogen-bond donors (Lipinski definition) is 1. The van der Waals surface area contributed by atoms with Crippen LogP contribution in [-0.2, 0) is 13.6 Å². The predicted molar refractivity (Wildman–Crippen MR) is 78.3 cm³/mol. The summed E-state index contributed by atoms with van der Waals surface area (Å²) < 4.78 is 1.87. The molecule has 5 nitrogen and oxygen atoms in total. The molecule has 0 aliphatic rings. The van der Waals surface area contributed by atoms with Crippen molar-refractivity contribution < 1.29 is 0 Å². The molecule has 0 atom stereocenters. The van der Waals surface area contributed by atoms with E-state index in [4.69, 9.17) is 0 Å². The molecule has 0 radical (unpaired) electrons. The number of nitrogens with zero attached hydrogens (tertiary/aromatic N) is 4. The Morgan fingerprint density at radius 3 is 2.53 bits per heavy atom. The first-order valence-corrected chi connectivity index (χ1v) is 6.66. The van der Waals surface area contributed by atoms with Gasteiger partial charge in [-0.15, -0.1) is 0 Å². The van der Waals surface area contributed by atoms with Crippen molar-refractivity contribution in [1.29, 1.82) is 0 Å². The van der Waals surface area contributed by atoms with E-state index in [0.29, 0.717) is 0 Å². The normalized spacial score (nSPS) is 10.5. The van der Waals surface area contributed by atoms with Gasteiger partial charge in [-0.1, -0.05) is 0 Å². The van der Waals surface area contributed by atoms with Crippen LogP contribution in [0.2, 0.25) is 0 Å². The van der Waals surface area contributed by atoms with E-state index in [-0.39, 0.29) is 0 Å². The fourth-order valence-corrected chi connectivity index (χ4v) is 1.99. The van der Waals surface area contributed by atoms with Crippen LogP contribution < -0.4 is 10.2 Å². The van der Waals surface area contributed by atoms with Gasteiger partial charge in [0.25, 0.3) is 0 Å². The van der Waals surface area contributed by atoms with E-state index in [2.05, 4.69) is 46.3 Å². The molecule has 0 aromatic carbocycles. The number of aromatic nitrogens is 3. The largest absolute Gasteiger partial charge is 0.378 e. The van der Waals surface area contributed by atoms with Crippen LogP contribution in [0.4, 0.5) is 11.5 Å². The summed E-state index contributed by atoms with van der Waals surface area (Å²) in [5, 5.41) is 7.49. The first kappa shape index (κ1) is 13.4. The van der Waals surface area contributed by atoms with E-state index in [1.807, 2.05) is 24.0 Å². The Balaban J connectivity index is 1.97. The lowest BCUT2D eigenvalue weighted by Crippen LogP contribution is -2.22. The molecule has 1 N–H and O–H groups in total. The fourth-order valence-electron chi connectivity index (χ4n) is 1.99. The number of aryl methyl sites for hydroxylation is 1. The average molecular weight is 259 g/mol. The van der Waals surface area contributed by atoms with Crippen LogP contribution in [0.1, 0.15) is 19.5 Å². The highest BCUT2D eigenvalue weighted by atomic mass is 15.3. The Hall–Kier alpha value is -2.04. The van der Waals surface area contributed by atoms with Gasteiger partial charge in [0.2, 0.25) is 0 Å². The summed E-state index contributed by atoms with van der Waals surface area (Å²) in [4.78, 5) is 6.71. The quantitative estimate of drug-likeness (QED) is 0.864. The zero-order valence-corrected chi connectivity index (χ0v) is 11.8. The molecule has 0 saturated heterocycles. The predicted octanol–water partition coefficient (Wildman–Crippen LogP) is 2.27. The molecule has 2 heterocycles. The van der Waals surface area contributed by atoms with Gasteiger partial charge in [-0.25, -0.2) is 4.98 Å². The highest BCUT2D eigenvalue weighted by molar-refractivity contribution is 5.48. The van der Waals surface area contributed by atoms with Crippen molar-refractivity contribution in [3.8, 4) is 0 Å². The van der Waals surface area contributed by atoms with Crippen molar-refractivity contribution in [2.75, 3.05) is 23.3 Å². The average Bonchev–Trinajstić information content (AvgIpc) is 2.85. The second-order valence-electron chi connectivity index (χ2n) is 4.38. The van der Waals surface area contributed by atoms with Gasteiger partial charge < -0.3 is 10.2 Å². The lowest BCUT2D eigenvalue weighted by atomic mass is 10.3. The van der Waals surface area contributed by atoms with Crippen LogP contribution in [0, 0.1) is 0 Å². The minimum atomic E-state index is 0.753. The maximum atomic E-state index is 4.48. The number of rotatable bonds is 6. The summed E-state index contributed by atoms with van der Waals surface area (Å²) in [6, 6.07) is 6.13. The van der Waals surface area contributed by atoms with Crippen LogP contribution in [0.25, 0.3) is 0 Å². The highest BCUT2D eigenvalue weighted by Gasteiger charge is 2.03. The zero-order valence-electron chi connectivity index (χ0n) is 11.8. The van der Waals surface area contributed by atoms with Crippen LogP contribution >= 0.6 is 0 Å². The number of nitrogens with one attached hydrogen (secondary N) is 1. The minimum Gasteiger partial charge on any atom is -0.378 e. The van der Waals surface area contributed by atoms with Gasteiger partial charge in [0.05, 0.1) is 24.1 Å². The highest BCUT2D eigenvalue weighted by Crippen LogP contribution is 2.14. The van der Waals surface area contributed by atoms with Gasteiger partial charge >= 0.3 is 0 Å². The summed E-state index contributed by atoms with van der Waals surface area (Å²) in [6.45, 7) is 6.98. The molecule has 0 saturated carbocycles. The number of anilines is 2. The molecule has 5 heteroatoms.